The number of hydrogen-bond acceptors (Lipinski definition) is 5. The van der Waals surface area contributed by atoms with Gasteiger partial charge in [0.05, 0.1) is 23.9 Å². The quantitative estimate of drug-likeness (QED) is 0.391. The second-order valence-corrected chi connectivity index (χ2v) is 6.02. The molecule has 0 saturated heterocycles. The summed E-state index contributed by atoms with van der Waals surface area (Å²) in [6, 6.07) is 0. The predicted molar refractivity (Wildman–Crippen MR) is 61.0 cm³/mol. The van der Waals surface area contributed by atoms with E-state index in [2.05, 4.69) is 4.99 Å². The Morgan fingerprint density at radius 2 is 2.00 bits per heavy atom. The lowest BCUT2D eigenvalue weighted by molar-refractivity contribution is -0.141. The summed E-state index contributed by atoms with van der Waals surface area (Å²) in [5.74, 6) is -1.95. The number of rotatable bonds is 6. The van der Waals surface area contributed by atoms with Crippen LogP contribution in [0.5, 0.6) is 0 Å². The van der Waals surface area contributed by atoms with Crippen LogP contribution in [0.2, 0.25) is 0 Å². The first-order valence-electron chi connectivity index (χ1n) is 4.56. The molecule has 0 rings (SSSR count). The summed E-state index contributed by atoms with van der Waals surface area (Å²) in [7, 11) is -3.55. The van der Waals surface area contributed by atoms with Crippen molar-refractivity contribution in [3.63, 3.8) is 0 Å². The Balaban J connectivity index is 4.48. The van der Waals surface area contributed by atoms with E-state index in [1.807, 2.05) is 0 Å². The minimum atomic E-state index is -3.55. The van der Waals surface area contributed by atoms with Gasteiger partial charge < -0.3 is 16.6 Å². The standard InChI is InChI=1S/C8H17N3O4S/c1-6(9)11-3-4-16(14,15)5-8(2,10)7(12)13/h3-5,10H2,1-2H3,(H2,9,11)(H,12,13). The van der Waals surface area contributed by atoms with Crippen molar-refractivity contribution < 1.29 is 18.3 Å². The largest absolute Gasteiger partial charge is 0.480 e. The van der Waals surface area contributed by atoms with Crippen molar-refractivity contribution in [3.05, 3.63) is 0 Å². The maximum absolute atomic E-state index is 11.5. The van der Waals surface area contributed by atoms with Gasteiger partial charge in [-0.15, -0.1) is 0 Å². The average molecular weight is 251 g/mol. The van der Waals surface area contributed by atoms with Gasteiger partial charge in [0.2, 0.25) is 0 Å². The summed E-state index contributed by atoms with van der Waals surface area (Å²) in [5.41, 5.74) is 8.79. The maximum Gasteiger partial charge on any atom is 0.324 e. The van der Waals surface area contributed by atoms with Crippen LogP contribution in [-0.4, -0.2) is 48.9 Å². The van der Waals surface area contributed by atoms with E-state index < -0.39 is 27.1 Å². The van der Waals surface area contributed by atoms with Crippen molar-refractivity contribution in [1.29, 1.82) is 0 Å². The van der Waals surface area contributed by atoms with Crippen LogP contribution < -0.4 is 11.5 Å². The highest BCUT2D eigenvalue weighted by Gasteiger charge is 2.33. The predicted octanol–water partition coefficient (Wildman–Crippen LogP) is -1.42. The number of nitrogens with two attached hydrogens (primary N) is 2. The molecule has 0 aromatic carbocycles. The molecule has 0 fully saturated rings. The number of carbonyl (C=O) groups is 1. The van der Waals surface area contributed by atoms with Crippen molar-refractivity contribution in [1.82, 2.24) is 0 Å². The van der Waals surface area contributed by atoms with Gasteiger partial charge in [-0.1, -0.05) is 0 Å². The zero-order chi connectivity index (χ0) is 13.0. The summed E-state index contributed by atoms with van der Waals surface area (Å²) >= 11 is 0. The summed E-state index contributed by atoms with van der Waals surface area (Å²) in [5, 5.41) is 8.68. The number of carboxylic acid groups (broad SMARTS) is 1. The van der Waals surface area contributed by atoms with Crippen molar-refractivity contribution in [2.45, 2.75) is 19.4 Å². The molecule has 0 spiro atoms. The Kier molecular flexibility index (Phi) is 4.88. The summed E-state index contributed by atoms with van der Waals surface area (Å²) in [6.07, 6.45) is 0. The van der Waals surface area contributed by atoms with E-state index in [-0.39, 0.29) is 18.1 Å². The first kappa shape index (κ1) is 14.8. The highest BCUT2D eigenvalue weighted by atomic mass is 32.2. The first-order valence-corrected chi connectivity index (χ1v) is 6.38. The molecule has 1 unspecified atom stereocenters. The fourth-order valence-corrected chi connectivity index (χ4v) is 2.50. The van der Waals surface area contributed by atoms with E-state index in [0.717, 1.165) is 6.92 Å². The van der Waals surface area contributed by atoms with Crippen LogP contribution >= 0.6 is 0 Å². The monoisotopic (exact) mass is 251 g/mol. The minimum absolute atomic E-state index is 0.0143. The van der Waals surface area contributed by atoms with E-state index in [4.69, 9.17) is 16.6 Å². The van der Waals surface area contributed by atoms with Gasteiger partial charge in [0.25, 0.3) is 0 Å². The van der Waals surface area contributed by atoms with Gasteiger partial charge in [-0.05, 0) is 13.8 Å². The number of sulfone groups is 1. The zero-order valence-corrected chi connectivity index (χ0v) is 10.1. The van der Waals surface area contributed by atoms with Gasteiger partial charge in [0.15, 0.2) is 9.84 Å². The second-order valence-electron chi connectivity index (χ2n) is 3.84. The molecule has 0 saturated carbocycles. The lowest BCUT2D eigenvalue weighted by Crippen LogP contribution is -2.51. The van der Waals surface area contributed by atoms with Crippen molar-refractivity contribution >= 4 is 21.6 Å². The summed E-state index contributed by atoms with van der Waals surface area (Å²) in [4.78, 5) is 14.4. The van der Waals surface area contributed by atoms with Gasteiger partial charge in [-0.2, -0.15) is 0 Å². The van der Waals surface area contributed by atoms with Crippen molar-refractivity contribution in [2.75, 3.05) is 18.1 Å². The number of aliphatic imine (C=N–C) groups is 1. The molecule has 0 aliphatic heterocycles. The van der Waals surface area contributed by atoms with Gasteiger partial charge in [-0.25, -0.2) is 8.42 Å². The molecular formula is C8H17N3O4S. The van der Waals surface area contributed by atoms with Crippen LogP contribution in [-0.2, 0) is 14.6 Å². The Morgan fingerprint density at radius 1 is 1.50 bits per heavy atom. The fraction of sp³-hybridized carbons (Fsp3) is 0.750. The maximum atomic E-state index is 11.5. The van der Waals surface area contributed by atoms with Crippen LogP contribution in [0, 0.1) is 0 Å². The molecule has 16 heavy (non-hydrogen) atoms. The third-order valence-electron chi connectivity index (χ3n) is 1.77. The number of nitrogens with zero attached hydrogens (tertiary/aromatic N) is 1. The second kappa shape index (κ2) is 5.26. The first-order chi connectivity index (χ1) is 7.07. The molecule has 1 atom stereocenters. The number of hydrogen-bond donors (Lipinski definition) is 3. The molecule has 5 N–H and O–H groups in total. The van der Waals surface area contributed by atoms with E-state index in [1.165, 1.54) is 6.92 Å². The molecule has 8 heteroatoms. The third-order valence-corrected chi connectivity index (χ3v) is 3.62. The molecule has 0 aliphatic carbocycles. The fourth-order valence-electron chi connectivity index (χ4n) is 0.952. The highest BCUT2D eigenvalue weighted by molar-refractivity contribution is 7.91. The normalized spacial score (nSPS) is 16.8. The molecule has 0 heterocycles. The van der Waals surface area contributed by atoms with E-state index in [0.29, 0.717) is 0 Å². The Morgan fingerprint density at radius 3 is 2.38 bits per heavy atom. The van der Waals surface area contributed by atoms with E-state index in [9.17, 15) is 13.2 Å². The van der Waals surface area contributed by atoms with Crippen LogP contribution in [0.4, 0.5) is 0 Å². The van der Waals surface area contributed by atoms with Crippen LogP contribution in [0.15, 0.2) is 4.99 Å². The van der Waals surface area contributed by atoms with E-state index in [1.54, 1.807) is 0 Å². The SMILES string of the molecule is CC(N)=NCCS(=O)(=O)CC(C)(N)C(=O)O. The lowest BCUT2D eigenvalue weighted by atomic mass is 10.1. The third kappa shape index (κ3) is 5.66. The number of carboxylic acids is 1. The highest BCUT2D eigenvalue weighted by Crippen LogP contribution is 2.05. The van der Waals surface area contributed by atoms with Crippen LogP contribution in [0.3, 0.4) is 0 Å². The molecule has 0 radical (unpaired) electrons. The molecule has 0 aromatic heterocycles. The van der Waals surface area contributed by atoms with Gasteiger partial charge >= 0.3 is 5.97 Å². The molecule has 0 aliphatic rings. The van der Waals surface area contributed by atoms with Crippen LogP contribution in [0.25, 0.3) is 0 Å². The topological polar surface area (TPSA) is 136 Å². The average Bonchev–Trinajstić information content (AvgIpc) is 1.99. The van der Waals surface area contributed by atoms with Crippen molar-refractivity contribution in [2.24, 2.45) is 16.5 Å². The smallest absolute Gasteiger partial charge is 0.324 e. The van der Waals surface area contributed by atoms with Gasteiger partial charge in [0, 0.05) is 0 Å². The van der Waals surface area contributed by atoms with Gasteiger partial charge in [-0.3, -0.25) is 9.79 Å². The number of aliphatic carboxylic acids is 1. The molecule has 0 bridgehead atoms. The molecule has 94 valence electrons. The Labute approximate surface area is 94.5 Å². The molecule has 0 aromatic rings. The van der Waals surface area contributed by atoms with Crippen LogP contribution in [0.1, 0.15) is 13.8 Å². The molecule has 0 amide bonds. The van der Waals surface area contributed by atoms with E-state index >= 15 is 0 Å². The zero-order valence-electron chi connectivity index (χ0n) is 9.30. The minimum Gasteiger partial charge on any atom is -0.480 e. The van der Waals surface area contributed by atoms with Gasteiger partial charge in [0.1, 0.15) is 5.54 Å². The summed E-state index contributed by atoms with van der Waals surface area (Å²) in [6.45, 7) is 2.71. The van der Waals surface area contributed by atoms with Crippen molar-refractivity contribution in [3.8, 4) is 0 Å². The Hall–Kier alpha value is -1.15. The lowest BCUT2D eigenvalue weighted by Gasteiger charge is -2.18. The summed E-state index contributed by atoms with van der Waals surface area (Å²) < 4.78 is 23.0. The molecular weight excluding hydrogens is 234 g/mol. The molecule has 7 nitrogen and oxygen atoms in total. The Bertz CT molecular complexity index is 382. The number of amidine groups is 1.